The molecule has 1 amide bonds. The number of fused-ring (bicyclic) bond motifs is 1. The molecule has 8 nitrogen and oxygen atoms in total. The first-order valence-electron chi connectivity index (χ1n) is 8.91. The molecule has 2 aromatic heterocycles. The van der Waals surface area contributed by atoms with Crippen LogP contribution in [0, 0.1) is 20.8 Å². The fourth-order valence-corrected chi connectivity index (χ4v) is 4.97. The number of aromatic carboxylic acids is 1. The first kappa shape index (κ1) is 21.8. The third kappa shape index (κ3) is 4.34. The van der Waals surface area contributed by atoms with Gasteiger partial charge in [0, 0.05) is 22.4 Å². The van der Waals surface area contributed by atoms with Crippen molar-refractivity contribution in [1.82, 2.24) is 9.97 Å². The van der Waals surface area contributed by atoms with Gasteiger partial charge >= 0.3 is 5.97 Å². The Labute approximate surface area is 181 Å². The molecule has 3 aromatic rings. The molecule has 10 heteroatoms. The fourth-order valence-electron chi connectivity index (χ4n) is 2.90. The van der Waals surface area contributed by atoms with Gasteiger partial charge in [0.2, 0.25) is 5.91 Å². The van der Waals surface area contributed by atoms with Gasteiger partial charge in [-0.1, -0.05) is 11.8 Å². The van der Waals surface area contributed by atoms with Gasteiger partial charge in [-0.05, 0) is 26.3 Å². The minimum atomic E-state index is -1.18. The van der Waals surface area contributed by atoms with E-state index < -0.39 is 5.97 Å². The Morgan fingerprint density at radius 3 is 2.43 bits per heavy atom. The Hall–Kier alpha value is -2.85. The molecule has 2 N–H and O–H groups in total. The second-order valence-electron chi connectivity index (χ2n) is 6.43. The summed E-state index contributed by atoms with van der Waals surface area (Å²) >= 11 is 2.89. The molecule has 0 radical (unpaired) electrons. The van der Waals surface area contributed by atoms with Crippen LogP contribution in [-0.2, 0) is 4.79 Å². The Balaban J connectivity index is 1.83. The number of carboxylic acids is 1. The average molecular weight is 448 g/mol. The highest BCUT2D eigenvalue weighted by Crippen LogP contribution is 2.36. The molecule has 0 unspecified atom stereocenters. The van der Waals surface area contributed by atoms with Crippen LogP contribution in [0.4, 0.5) is 5.69 Å². The first-order valence-corrected chi connectivity index (χ1v) is 10.7. The van der Waals surface area contributed by atoms with Gasteiger partial charge in [-0.3, -0.25) is 4.79 Å². The third-order valence-corrected chi connectivity index (χ3v) is 6.55. The molecule has 0 aliphatic rings. The van der Waals surface area contributed by atoms with E-state index in [1.54, 1.807) is 11.3 Å². The monoisotopic (exact) mass is 447 g/mol. The number of methoxy groups -OCH3 is 2. The molecule has 3 rings (SSSR count). The van der Waals surface area contributed by atoms with Gasteiger partial charge in [0.05, 0.1) is 31.2 Å². The predicted octanol–water partition coefficient (Wildman–Crippen LogP) is 4.06. The molecule has 0 aliphatic heterocycles. The summed E-state index contributed by atoms with van der Waals surface area (Å²) < 4.78 is 10.3. The number of anilines is 1. The molecule has 0 saturated heterocycles. The Morgan fingerprint density at radius 1 is 1.13 bits per heavy atom. The molecule has 0 spiro atoms. The number of aromatic nitrogens is 2. The number of hydrogen-bond acceptors (Lipinski definition) is 8. The van der Waals surface area contributed by atoms with Gasteiger partial charge in [-0.25, -0.2) is 14.8 Å². The second-order valence-corrected chi connectivity index (χ2v) is 8.60. The number of carbonyl (C=O) groups is 2. The van der Waals surface area contributed by atoms with Gasteiger partial charge in [-0.2, -0.15) is 0 Å². The lowest BCUT2D eigenvalue weighted by Crippen LogP contribution is -2.17. The number of nitrogens with zero attached hydrogens (tertiary/aromatic N) is 2. The van der Waals surface area contributed by atoms with Crippen LogP contribution in [0.2, 0.25) is 0 Å². The highest BCUT2D eigenvalue weighted by atomic mass is 32.2. The van der Waals surface area contributed by atoms with Crippen molar-refractivity contribution in [3.63, 3.8) is 0 Å². The number of aryl methyl sites for hydroxylation is 3. The summed E-state index contributed by atoms with van der Waals surface area (Å²) in [5, 5.41) is 13.8. The van der Waals surface area contributed by atoms with Crippen LogP contribution >= 0.6 is 23.1 Å². The molecule has 0 saturated carbocycles. The van der Waals surface area contributed by atoms with E-state index in [1.807, 2.05) is 20.8 Å². The van der Waals surface area contributed by atoms with Crippen molar-refractivity contribution in [3.05, 3.63) is 34.0 Å². The number of benzene rings is 1. The van der Waals surface area contributed by atoms with Crippen LogP contribution in [0.15, 0.2) is 17.2 Å². The highest BCUT2D eigenvalue weighted by Gasteiger charge is 2.19. The minimum absolute atomic E-state index is 0.0628. The maximum Gasteiger partial charge on any atom is 0.337 e. The Bertz CT molecular complexity index is 1140. The summed E-state index contributed by atoms with van der Waals surface area (Å²) in [5.74, 6) is -0.250. The number of carbonyl (C=O) groups excluding carboxylic acids is 1. The van der Waals surface area contributed by atoms with E-state index in [0.29, 0.717) is 11.6 Å². The number of rotatable bonds is 7. The van der Waals surface area contributed by atoms with E-state index in [-0.39, 0.29) is 28.7 Å². The maximum absolute atomic E-state index is 12.6. The summed E-state index contributed by atoms with van der Waals surface area (Å²) in [4.78, 5) is 35.2. The van der Waals surface area contributed by atoms with E-state index in [1.165, 1.54) is 38.1 Å². The Morgan fingerprint density at radius 2 is 1.80 bits per heavy atom. The third-order valence-electron chi connectivity index (χ3n) is 4.48. The molecule has 0 atom stereocenters. The lowest BCUT2D eigenvalue weighted by Gasteiger charge is -2.13. The van der Waals surface area contributed by atoms with Crippen LogP contribution in [0.25, 0.3) is 10.2 Å². The average Bonchev–Trinajstić information content (AvgIpc) is 2.98. The zero-order valence-corrected chi connectivity index (χ0v) is 18.8. The summed E-state index contributed by atoms with van der Waals surface area (Å²) in [6.45, 7) is 5.86. The van der Waals surface area contributed by atoms with E-state index in [4.69, 9.17) is 9.47 Å². The van der Waals surface area contributed by atoms with Gasteiger partial charge in [0.25, 0.3) is 0 Å². The molecule has 0 fully saturated rings. The number of ether oxygens (including phenoxy) is 2. The van der Waals surface area contributed by atoms with Crippen molar-refractivity contribution in [2.75, 3.05) is 25.3 Å². The number of amides is 1. The zero-order chi connectivity index (χ0) is 22.0. The molecule has 1 aromatic carbocycles. The quantitative estimate of drug-likeness (QED) is 0.412. The van der Waals surface area contributed by atoms with E-state index in [2.05, 4.69) is 15.3 Å². The summed E-state index contributed by atoms with van der Waals surface area (Å²) in [7, 11) is 2.85. The van der Waals surface area contributed by atoms with Gasteiger partial charge in [0.1, 0.15) is 15.7 Å². The minimum Gasteiger partial charge on any atom is -0.493 e. The van der Waals surface area contributed by atoms with E-state index >= 15 is 0 Å². The van der Waals surface area contributed by atoms with Crippen molar-refractivity contribution in [2.24, 2.45) is 0 Å². The lowest BCUT2D eigenvalue weighted by atomic mass is 10.1. The topological polar surface area (TPSA) is 111 Å². The largest absolute Gasteiger partial charge is 0.493 e. The fraction of sp³-hybridized carbons (Fsp3) is 0.300. The van der Waals surface area contributed by atoms with Crippen molar-refractivity contribution >= 4 is 50.9 Å². The van der Waals surface area contributed by atoms with E-state index in [9.17, 15) is 14.7 Å². The maximum atomic E-state index is 12.6. The van der Waals surface area contributed by atoms with E-state index in [0.717, 1.165) is 25.7 Å². The van der Waals surface area contributed by atoms with Gasteiger partial charge in [0.15, 0.2) is 11.5 Å². The van der Waals surface area contributed by atoms with Crippen molar-refractivity contribution in [2.45, 2.75) is 25.8 Å². The van der Waals surface area contributed by atoms with Crippen molar-refractivity contribution in [1.29, 1.82) is 0 Å². The van der Waals surface area contributed by atoms with Crippen LogP contribution in [-0.4, -0.2) is 46.9 Å². The number of nitrogens with one attached hydrogen (secondary N) is 1. The van der Waals surface area contributed by atoms with Gasteiger partial charge in [-0.15, -0.1) is 11.3 Å². The number of carboxylic acid groups (broad SMARTS) is 1. The van der Waals surface area contributed by atoms with Crippen LogP contribution < -0.4 is 14.8 Å². The molecule has 0 aliphatic carbocycles. The molecule has 30 heavy (non-hydrogen) atoms. The molecule has 158 valence electrons. The second kappa shape index (κ2) is 8.88. The number of hydrogen-bond donors (Lipinski definition) is 2. The first-order chi connectivity index (χ1) is 14.2. The molecular weight excluding hydrogens is 426 g/mol. The zero-order valence-electron chi connectivity index (χ0n) is 17.2. The summed E-state index contributed by atoms with van der Waals surface area (Å²) in [5.41, 5.74) is 1.15. The molecular formula is C20H21N3O5S2. The van der Waals surface area contributed by atoms with Crippen LogP contribution in [0.5, 0.6) is 11.5 Å². The normalized spacial score (nSPS) is 10.8. The molecule has 0 bridgehead atoms. The molecule has 2 heterocycles. The number of thioether (sulfide) groups is 1. The standard InChI is InChI=1S/C20H21N3O5S2/c1-9-10(2)30-19-17(9)18(21-11(3)22-19)29-8-16(24)23-13-7-15(28-5)14(27-4)6-12(13)20(25)26/h6-7H,8H2,1-5H3,(H,23,24)(H,25,26). The summed E-state index contributed by atoms with van der Waals surface area (Å²) in [6.07, 6.45) is 0. The van der Waals surface area contributed by atoms with Crippen LogP contribution in [0.3, 0.4) is 0 Å². The predicted molar refractivity (Wildman–Crippen MR) is 117 cm³/mol. The SMILES string of the molecule is COc1cc(NC(=O)CSc2nc(C)nc3sc(C)c(C)c23)c(C(=O)O)cc1OC. The smallest absolute Gasteiger partial charge is 0.337 e. The summed E-state index contributed by atoms with van der Waals surface area (Å²) in [6, 6.07) is 2.75. The lowest BCUT2D eigenvalue weighted by molar-refractivity contribution is -0.113. The number of thiophene rings is 1. The van der Waals surface area contributed by atoms with Gasteiger partial charge < -0.3 is 19.9 Å². The van der Waals surface area contributed by atoms with Crippen molar-refractivity contribution < 1.29 is 24.2 Å². The Kier molecular flexibility index (Phi) is 6.47. The van der Waals surface area contributed by atoms with Crippen molar-refractivity contribution in [3.8, 4) is 11.5 Å². The van der Waals surface area contributed by atoms with Crippen LogP contribution in [0.1, 0.15) is 26.6 Å². The highest BCUT2D eigenvalue weighted by molar-refractivity contribution is 8.00.